The highest BCUT2D eigenvalue weighted by atomic mass is 16.7. The summed E-state index contributed by atoms with van der Waals surface area (Å²) in [7, 11) is 0. The molecule has 10 nitrogen and oxygen atoms in total. The van der Waals surface area contributed by atoms with Gasteiger partial charge in [-0.2, -0.15) is 0 Å². The fourth-order valence-corrected chi connectivity index (χ4v) is 14.7. The summed E-state index contributed by atoms with van der Waals surface area (Å²) in [6.45, 7) is 15.9. The van der Waals surface area contributed by atoms with Crippen molar-refractivity contribution in [3.63, 3.8) is 0 Å². The number of rotatable bonds is 5. The number of aliphatic hydroxyl groups is 6. The van der Waals surface area contributed by atoms with Gasteiger partial charge in [0.15, 0.2) is 6.29 Å². The van der Waals surface area contributed by atoms with Crippen molar-refractivity contribution in [1.29, 1.82) is 0 Å². The zero-order valence-electron chi connectivity index (χ0n) is 30.3. The molecule has 7 fully saturated rings. The van der Waals surface area contributed by atoms with Gasteiger partial charge in [-0.3, -0.25) is 4.79 Å². The van der Waals surface area contributed by atoms with Crippen LogP contribution in [0.25, 0.3) is 0 Å². The summed E-state index contributed by atoms with van der Waals surface area (Å²) in [5, 5.41) is 67.4. The molecular formula is C38H62O10. The third-order valence-electron chi connectivity index (χ3n) is 16.5. The average Bonchev–Trinajstić information content (AvgIpc) is 3.62. The molecule has 4 unspecified atom stereocenters. The van der Waals surface area contributed by atoms with E-state index in [-0.39, 0.29) is 64.5 Å². The van der Waals surface area contributed by atoms with Crippen LogP contribution < -0.4 is 0 Å². The van der Waals surface area contributed by atoms with Gasteiger partial charge < -0.3 is 44.8 Å². The Morgan fingerprint density at radius 1 is 0.938 bits per heavy atom. The van der Waals surface area contributed by atoms with Gasteiger partial charge in [-0.25, -0.2) is 0 Å². The first-order valence-electron chi connectivity index (χ1n) is 18.7. The Morgan fingerprint density at radius 3 is 2.23 bits per heavy atom. The Labute approximate surface area is 285 Å². The minimum atomic E-state index is -1.36. The van der Waals surface area contributed by atoms with Gasteiger partial charge in [-0.15, -0.1) is 0 Å². The summed E-state index contributed by atoms with van der Waals surface area (Å²) >= 11 is 0. The van der Waals surface area contributed by atoms with Gasteiger partial charge in [0.1, 0.15) is 24.4 Å². The third-order valence-corrected chi connectivity index (χ3v) is 16.5. The quantitative estimate of drug-likeness (QED) is 0.188. The fourth-order valence-electron chi connectivity index (χ4n) is 14.7. The van der Waals surface area contributed by atoms with E-state index in [2.05, 4.69) is 34.6 Å². The maximum atomic E-state index is 12.8. The second-order valence-electron chi connectivity index (χ2n) is 19.3. The van der Waals surface area contributed by atoms with Gasteiger partial charge in [0.2, 0.25) is 0 Å². The zero-order chi connectivity index (χ0) is 35.2. The zero-order valence-corrected chi connectivity index (χ0v) is 30.3. The van der Waals surface area contributed by atoms with Crippen molar-refractivity contribution in [2.45, 2.75) is 167 Å². The molecule has 274 valence electrons. The van der Waals surface area contributed by atoms with E-state index in [1.165, 1.54) is 6.92 Å². The third kappa shape index (κ3) is 4.42. The van der Waals surface area contributed by atoms with E-state index in [1.807, 2.05) is 0 Å². The SMILES string of the molecule is CC(=O)O[C@@H](C1C[C@@H](C)[C@H]2[C@@](O)(C1)[C@H](O)[C@@]1(C)C3CC[C@H]4C(C)(C)[C@@H](O[C@@H]5OCC(O)[C@H](O)[C@H]5O)CC[C@@]45CC35CC[C@]21C)C(C)(C)O. The predicted octanol–water partition coefficient (Wildman–Crippen LogP) is 3.31. The van der Waals surface area contributed by atoms with E-state index in [9.17, 15) is 35.4 Å². The largest absolute Gasteiger partial charge is 0.459 e. The maximum Gasteiger partial charge on any atom is 0.303 e. The van der Waals surface area contributed by atoms with Crippen LogP contribution in [0.2, 0.25) is 0 Å². The van der Waals surface area contributed by atoms with Crippen molar-refractivity contribution in [3.05, 3.63) is 0 Å². The summed E-state index contributed by atoms with van der Waals surface area (Å²) < 4.78 is 17.8. The van der Waals surface area contributed by atoms with E-state index in [0.717, 1.165) is 44.9 Å². The lowest BCUT2D eigenvalue weighted by molar-refractivity contribution is -0.303. The molecule has 6 saturated carbocycles. The Bertz CT molecular complexity index is 1300. The second kappa shape index (κ2) is 10.8. The molecule has 6 N–H and O–H groups in total. The monoisotopic (exact) mass is 678 g/mol. The normalized spacial score (nSPS) is 56.1. The van der Waals surface area contributed by atoms with Crippen LogP contribution in [0.4, 0.5) is 0 Å². The summed E-state index contributed by atoms with van der Waals surface area (Å²) in [6.07, 6.45) is 1.23. The summed E-state index contributed by atoms with van der Waals surface area (Å²) in [6, 6.07) is 0. The van der Waals surface area contributed by atoms with Crippen LogP contribution >= 0.6 is 0 Å². The van der Waals surface area contributed by atoms with Crippen LogP contribution in [0.1, 0.15) is 113 Å². The number of ether oxygens (including phenoxy) is 3. The molecule has 2 spiro atoms. The van der Waals surface area contributed by atoms with Crippen molar-refractivity contribution in [2.75, 3.05) is 6.61 Å². The van der Waals surface area contributed by atoms with E-state index in [0.29, 0.717) is 12.3 Å². The molecule has 1 saturated heterocycles. The molecule has 0 amide bonds. The Kier molecular flexibility index (Phi) is 8.03. The maximum absolute atomic E-state index is 12.8. The van der Waals surface area contributed by atoms with Crippen molar-refractivity contribution in [3.8, 4) is 0 Å². The van der Waals surface area contributed by atoms with Crippen LogP contribution in [0, 0.1) is 56.7 Å². The minimum absolute atomic E-state index is 0.0673. The number of hydrogen-bond acceptors (Lipinski definition) is 10. The predicted molar refractivity (Wildman–Crippen MR) is 175 cm³/mol. The van der Waals surface area contributed by atoms with Crippen molar-refractivity contribution < 1.29 is 49.6 Å². The van der Waals surface area contributed by atoms with Crippen LogP contribution in [-0.4, -0.2) is 97.3 Å². The molecule has 10 heteroatoms. The number of aliphatic hydroxyl groups excluding tert-OH is 4. The van der Waals surface area contributed by atoms with Crippen LogP contribution in [0.5, 0.6) is 0 Å². The van der Waals surface area contributed by atoms with Gasteiger partial charge >= 0.3 is 5.97 Å². The van der Waals surface area contributed by atoms with Crippen molar-refractivity contribution >= 4 is 5.97 Å². The molecule has 0 aromatic heterocycles. The first-order valence-corrected chi connectivity index (χ1v) is 18.7. The van der Waals surface area contributed by atoms with E-state index in [1.54, 1.807) is 13.8 Å². The van der Waals surface area contributed by atoms with Gasteiger partial charge in [-0.1, -0.05) is 34.6 Å². The number of hydrogen-bond donors (Lipinski definition) is 6. The number of fused-ring (bicyclic) bond motifs is 4. The highest BCUT2D eigenvalue weighted by Gasteiger charge is 2.86. The van der Waals surface area contributed by atoms with Gasteiger partial charge in [0.25, 0.3) is 0 Å². The average molecular weight is 679 g/mol. The molecule has 0 aromatic rings. The fraction of sp³-hybridized carbons (Fsp3) is 0.974. The molecule has 7 aliphatic rings. The van der Waals surface area contributed by atoms with Gasteiger partial charge in [0, 0.05) is 18.3 Å². The number of carbonyl (C=O) groups is 1. The van der Waals surface area contributed by atoms with Crippen LogP contribution in [0.3, 0.4) is 0 Å². The molecular weight excluding hydrogens is 616 g/mol. The lowest BCUT2D eigenvalue weighted by atomic mass is 9.41. The summed E-state index contributed by atoms with van der Waals surface area (Å²) in [4.78, 5) is 12.1. The van der Waals surface area contributed by atoms with Gasteiger partial charge in [0.05, 0.1) is 30.0 Å². The lowest BCUT2D eigenvalue weighted by Gasteiger charge is -2.64. The molecule has 1 heterocycles. The van der Waals surface area contributed by atoms with E-state index >= 15 is 0 Å². The smallest absolute Gasteiger partial charge is 0.303 e. The first-order chi connectivity index (χ1) is 22.1. The van der Waals surface area contributed by atoms with E-state index in [4.69, 9.17) is 14.2 Å². The highest BCUT2D eigenvalue weighted by Crippen LogP contribution is 2.90. The molecule has 7 rings (SSSR count). The molecule has 0 aromatic carbocycles. The van der Waals surface area contributed by atoms with Crippen LogP contribution in [-0.2, 0) is 19.0 Å². The van der Waals surface area contributed by atoms with Crippen molar-refractivity contribution in [2.24, 2.45) is 56.7 Å². The Balaban J connectivity index is 1.17. The highest BCUT2D eigenvalue weighted by molar-refractivity contribution is 5.66. The number of esters is 1. The topological polar surface area (TPSA) is 166 Å². The number of carbonyl (C=O) groups excluding carboxylic acids is 1. The molecule has 0 radical (unpaired) electrons. The summed E-state index contributed by atoms with van der Waals surface area (Å²) in [5.74, 6) is -0.144. The van der Waals surface area contributed by atoms with Crippen molar-refractivity contribution in [1.82, 2.24) is 0 Å². The Hall–Kier alpha value is -0.850. The van der Waals surface area contributed by atoms with Crippen LogP contribution in [0.15, 0.2) is 0 Å². The standard InChI is InChI=1S/C38H62O10/c1-19-15-21(29(33(5,6)44)47-20(2)39)16-38(45)28(19)34(7)13-14-37-18-36(37)12-11-25(48-30-27(42)26(41)22(40)17-46-30)32(3,4)23(36)9-10-24(37)35(34,8)31(38)43/h19,21-31,40-45H,9-18H2,1-8H3/t19-,21?,22?,23+,24?,25+,26+,27-,28-,29+,30+,31-,34-,35-,36-,37?,38+/m1/s1. The molecule has 48 heavy (non-hydrogen) atoms. The second-order valence-corrected chi connectivity index (χ2v) is 19.3. The molecule has 0 bridgehead atoms. The minimum Gasteiger partial charge on any atom is -0.459 e. The molecule has 6 aliphatic carbocycles. The van der Waals surface area contributed by atoms with Gasteiger partial charge in [-0.05, 0) is 117 Å². The molecule has 17 atom stereocenters. The molecule has 1 aliphatic heterocycles. The lowest BCUT2D eigenvalue weighted by Crippen LogP contribution is -2.61. The Morgan fingerprint density at radius 2 is 1.58 bits per heavy atom. The van der Waals surface area contributed by atoms with E-state index < -0.39 is 59.4 Å². The first kappa shape index (κ1) is 35.5. The summed E-state index contributed by atoms with van der Waals surface area (Å²) in [5.41, 5.74) is -3.45.